The molecule has 0 radical (unpaired) electrons. The molecule has 3 rings (SSSR count). The predicted molar refractivity (Wildman–Crippen MR) is 68.4 cm³/mol. The third kappa shape index (κ3) is 1.67. The van der Waals surface area contributed by atoms with E-state index < -0.39 is 0 Å². The van der Waals surface area contributed by atoms with Crippen molar-refractivity contribution in [3.05, 3.63) is 77.4 Å². The van der Waals surface area contributed by atoms with Gasteiger partial charge in [-0.05, 0) is 23.1 Å². The molecule has 2 aromatic carbocycles. The first-order valence-electron chi connectivity index (χ1n) is 5.74. The fourth-order valence-corrected chi connectivity index (χ4v) is 2.34. The van der Waals surface area contributed by atoms with Crippen molar-refractivity contribution in [3.63, 3.8) is 0 Å². The predicted octanol–water partition coefficient (Wildman–Crippen LogP) is 4.04. The van der Waals surface area contributed by atoms with E-state index in [0.29, 0.717) is 5.92 Å². The standard InChI is InChI=1S/C16H14/c1-2-6-13(7-3-1)16-11-10-14-8-4-5-9-15(14)12-16/h1-11,16H,12H2. The Kier molecular flexibility index (Phi) is 2.34. The van der Waals surface area contributed by atoms with Crippen LogP contribution in [-0.2, 0) is 6.42 Å². The minimum atomic E-state index is 0.538. The molecular weight excluding hydrogens is 192 g/mol. The lowest BCUT2D eigenvalue weighted by atomic mass is 9.85. The molecule has 1 aliphatic rings. The molecule has 16 heavy (non-hydrogen) atoms. The zero-order chi connectivity index (χ0) is 10.8. The Morgan fingerprint density at radius 2 is 1.56 bits per heavy atom. The number of allylic oxidation sites excluding steroid dienone is 1. The first-order chi connectivity index (χ1) is 7.93. The van der Waals surface area contributed by atoms with Gasteiger partial charge in [0.1, 0.15) is 0 Å². The van der Waals surface area contributed by atoms with Gasteiger partial charge >= 0.3 is 0 Å². The highest BCUT2D eigenvalue weighted by molar-refractivity contribution is 5.58. The van der Waals surface area contributed by atoms with Gasteiger partial charge in [0, 0.05) is 5.92 Å². The summed E-state index contributed by atoms with van der Waals surface area (Å²) in [5.74, 6) is 0.538. The van der Waals surface area contributed by atoms with E-state index in [1.54, 1.807) is 0 Å². The van der Waals surface area contributed by atoms with E-state index >= 15 is 0 Å². The van der Waals surface area contributed by atoms with Crippen molar-refractivity contribution < 1.29 is 0 Å². The molecule has 1 atom stereocenters. The summed E-state index contributed by atoms with van der Waals surface area (Å²) in [5, 5.41) is 0. The maximum Gasteiger partial charge on any atom is 0.00619 e. The van der Waals surface area contributed by atoms with E-state index in [4.69, 9.17) is 0 Å². The van der Waals surface area contributed by atoms with Crippen molar-refractivity contribution in [2.24, 2.45) is 0 Å². The Hall–Kier alpha value is -1.82. The molecule has 0 saturated carbocycles. The van der Waals surface area contributed by atoms with Crippen LogP contribution >= 0.6 is 0 Å². The van der Waals surface area contributed by atoms with Gasteiger partial charge in [0.15, 0.2) is 0 Å². The maximum atomic E-state index is 2.32. The van der Waals surface area contributed by atoms with Crippen LogP contribution in [0.15, 0.2) is 60.7 Å². The molecule has 0 heteroatoms. The zero-order valence-electron chi connectivity index (χ0n) is 9.14. The van der Waals surface area contributed by atoms with Crippen molar-refractivity contribution in [3.8, 4) is 0 Å². The third-order valence-corrected chi connectivity index (χ3v) is 3.23. The number of hydrogen-bond acceptors (Lipinski definition) is 0. The second-order valence-corrected chi connectivity index (χ2v) is 4.28. The Bertz CT molecular complexity index is 509. The van der Waals surface area contributed by atoms with Crippen LogP contribution < -0.4 is 0 Å². The van der Waals surface area contributed by atoms with E-state index in [9.17, 15) is 0 Å². The van der Waals surface area contributed by atoms with Crippen LogP contribution in [0.1, 0.15) is 22.6 Å². The quantitative estimate of drug-likeness (QED) is 0.660. The van der Waals surface area contributed by atoms with E-state index in [0.717, 1.165) is 6.42 Å². The number of fused-ring (bicyclic) bond motifs is 1. The Labute approximate surface area is 96.3 Å². The molecule has 0 amide bonds. The van der Waals surface area contributed by atoms with Gasteiger partial charge in [-0.2, -0.15) is 0 Å². The van der Waals surface area contributed by atoms with E-state index in [1.165, 1.54) is 16.7 Å². The van der Waals surface area contributed by atoms with E-state index in [1.807, 2.05) is 0 Å². The summed E-state index contributed by atoms with van der Waals surface area (Å²) in [5.41, 5.74) is 4.24. The van der Waals surface area contributed by atoms with Crippen molar-refractivity contribution in [1.29, 1.82) is 0 Å². The molecule has 0 heterocycles. The number of benzene rings is 2. The first kappa shape index (κ1) is 9.41. The van der Waals surface area contributed by atoms with Crippen LogP contribution in [0.4, 0.5) is 0 Å². The molecule has 0 aromatic heterocycles. The summed E-state index contributed by atoms with van der Waals surface area (Å²) >= 11 is 0. The van der Waals surface area contributed by atoms with Crippen LogP contribution in [0.5, 0.6) is 0 Å². The molecule has 0 fully saturated rings. The molecular formula is C16H14. The summed E-state index contributed by atoms with van der Waals surface area (Å²) in [6.07, 6.45) is 5.69. The highest BCUT2D eigenvalue weighted by atomic mass is 14.2. The fraction of sp³-hybridized carbons (Fsp3) is 0.125. The normalized spacial score (nSPS) is 18.1. The van der Waals surface area contributed by atoms with Crippen LogP contribution in [-0.4, -0.2) is 0 Å². The van der Waals surface area contributed by atoms with E-state index in [-0.39, 0.29) is 0 Å². The molecule has 0 spiro atoms. The average Bonchev–Trinajstić information content (AvgIpc) is 2.39. The van der Waals surface area contributed by atoms with Gasteiger partial charge in [-0.15, -0.1) is 0 Å². The van der Waals surface area contributed by atoms with Crippen molar-refractivity contribution in [1.82, 2.24) is 0 Å². The monoisotopic (exact) mass is 206 g/mol. The van der Waals surface area contributed by atoms with Crippen molar-refractivity contribution in [2.75, 3.05) is 0 Å². The zero-order valence-corrected chi connectivity index (χ0v) is 9.14. The third-order valence-electron chi connectivity index (χ3n) is 3.23. The first-order valence-corrected chi connectivity index (χ1v) is 5.74. The van der Waals surface area contributed by atoms with Gasteiger partial charge in [0.05, 0.1) is 0 Å². The molecule has 0 bridgehead atoms. The average molecular weight is 206 g/mol. The maximum absolute atomic E-state index is 2.32. The summed E-state index contributed by atoms with van der Waals surface area (Å²) in [6, 6.07) is 19.4. The number of hydrogen-bond donors (Lipinski definition) is 0. The Balaban J connectivity index is 1.95. The summed E-state index contributed by atoms with van der Waals surface area (Å²) in [4.78, 5) is 0. The van der Waals surface area contributed by atoms with Crippen molar-refractivity contribution >= 4 is 6.08 Å². The summed E-state index contributed by atoms with van der Waals surface area (Å²) in [6.45, 7) is 0. The van der Waals surface area contributed by atoms with Gasteiger partial charge in [0.2, 0.25) is 0 Å². The lowest BCUT2D eigenvalue weighted by Crippen LogP contribution is -2.05. The molecule has 0 aliphatic heterocycles. The summed E-state index contributed by atoms with van der Waals surface area (Å²) in [7, 11) is 0. The molecule has 0 N–H and O–H groups in total. The van der Waals surface area contributed by atoms with Crippen LogP contribution in [0, 0.1) is 0 Å². The highest BCUT2D eigenvalue weighted by Gasteiger charge is 2.14. The minimum absolute atomic E-state index is 0.538. The van der Waals surface area contributed by atoms with Gasteiger partial charge in [0.25, 0.3) is 0 Å². The second-order valence-electron chi connectivity index (χ2n) is 4.28. The SMILES string of the molecule is C1=CC(c2ccccc2)Cc2ccccc21. The lowest BCUT2D eigenvalue weighted by molar-refractivity contribution is 0.827. The summed E-state index contributed by atoms with van der Waals surface area (Å²) < 4.78 is 0. The van der Waals surface area contributed by atoms with Gasteiger partial charge in [-0.3, -0.25) is 0 Å². The van der Waals surface area contributed by atoms with Gasteiger partial charge in [-0.1, -0.05) is 66.7 Å². The minimum Gasteiger partial charge on any atom is -0.0761 e. The van der Waals surface area contributed by atoms with Crippen LogP contribution in [0.2, 0.25) is 0 Å². The van der Waals surface area contributed by atoms with Crippen molar-refractivity contribution in [2.45, 2.75) is 12.3 Å². The molecule has 0 nitrogen and oxygen atoms in total. The molecule has 1 unspecified atom stereocenters. The van der Waals surface area contributed by atoms with Crippen LogP contribution in [0.25, 0.3) is 6.08 Å². The van der Waals surface area contributed by atoms with Crippen LogP contribution in [0.3, 0.4) is 0 Å². The van der Waals surface area contributed by atoms with Gasteiger partial charge < -0.3 is 0 Å². The molecule has 2 aromatic rings. The Morgan fingerprint density at radius 3 is 2.44 bits per heavy atom. The second kappa shape index (κ2) is 3.97. The Morgan fingerprint density at radius 1 is 0.812 bits per heavy atom. The van der Waals surface area contributed by atoms with Gasteiger partial charge in [-0.25, -0.2) is 0 Å². The number of rotatable bonds is 1. The molecule has 0 saturated heterocycles. The largest absolute Gasteiger partial charge is 0.0761 e. The lowest BCUT2D eigenvalue weighted by Gasteiger charge is -2.19. The fourth-order valence-electron chi connectivity index (χ4n) is 2.34. The molecule has 78 valence electrons. The molecule has 1 aliphatic carbocycles. The van der Waals surface area contributed by atoms with E-state index in [2.05, 4.69) is 66.7 Å². The topological polar surface area (TPSA) is 0 Å². The smallest absolute Gasteiger partial charge is 0.00619 e. The highest BCUT2D eigenvalue weighted by Crippen LogP contribution is 2.29.